The fraction of sp³-hybridized carbons (Fsp3) is 0.528. The Morgan fingerprint density at radius 3 is 2.49 bits per heavy atom. The maximum atomic E-state index is 13.7. The summed E-state index contributed by atoms with van der Waals surface area (Å²) in [5, 5.41) is 5.48. The van der Waals surface area contributed by atoms with Gasteiger partial charge < -0.3 is 30.7 Å². The first-order valence-electron chi connectivity index (χ1n) is 17.6. The summed E-state index contributed by atoms with van der Waals surface area (Å²) in [4.78, 5) is 48.3. The van der Waals surface area contributed by atoms with Gasteiger partial charge in [-0.1, -0.05) is 19.1 Å². The smallest absolute Gasteiger partial charge is 0.407 e. The molecule has 3 heterocycles. The van der Waals surface area contributed by atoms with Crippen molar-refractivity contribution in [3.63, 3.8) is 0 Å². The Labute approximate surface area is 299 Å². The van der Waals surface area contributed by atoms with Crippen molar-refractivity contribution >= 4 is 45.7 Å². The van der Waals surface area contributed by atoms with E-state index in [1.165, 1.54) is 10.5 Å². The SMILES string of the molecule is CCCN(CCCNC(=O)OC1CCC1)C(=O)C1=Cc2ccc(-c3cncc(S(=O)(=O)N4CC(CNC(=O)OC(C)(C)C)C4)c3)cc2N=C(N)C1. The van der Waals surface area contributed by atoms with Crippen LogP contribution in [0.5, 0.6) is 0 Å². The number of carbonyl (C=O) groups is 3. The van der Waals surface area contributed by atoms with Gasteiger partial charge in [0.05, 0.1) is 5.69 Å². The average Bonchev–Trinajstić information content (AvgIpc) is 3.19. The third-order valence-corrected chi connectivity index (χ3v) is 10.6. The van der Waals surface area contributed by atoms with Crippen molar-refractivity contribution in [2.75, 3.05) is 39.3 Å². The summed E-state index contributed by atoms with van der Waals surface area (Å²) in [5.74, 6) is 0.115. The third-order valence-electron chi connectivity index (χ3n) is 8.79. The van der Waals surface area contributed by atoms with E-state index in [1.807, 2.05) is 19.1 Å². The Morgan fingerprint density at radius 1 is 1.04 bits per heavy atom. The van der Waals surface area contributed by atoms with Gasteiger partial charge in [0.2, 0.25) is 15.9 Å². The topological polar surface area (TPSA) is 186 Å². The van der Waals surface area contributed by atoms with Crippen molar-refractivity contribution in [1.82, 2.24) is 24.8 Å². The highest BCUT2D eigenvalue weighted by atomic mass is 32.2. The van der Waals surface area contributed by atoms with E-state index in [0.29, 0.717) is 60.6 Å². The second kappa shape index (κ2) is 16.2. The van der Waals surface area contributed by atoms with Crippen molar-refractivity contribution in [3.8, 4) is 11.1 Å². The molecule has 1 aliphatic carbocycles. The Hall–Kier alpha value is -4.50. The second-order valence-corrected chi connectivity index (χ2v) is 16.2. The van der Waals surface area contributed by atoms with E-state index in [1.54, 1.807) is 50.1 Å². The molecular weight excluding hydrogens is 675 g/mol. The van der Waals surface area contributed by atoms with Crippen LogP contribution in [0, 0.1) is 5.92 Å². The molecule has 5 rings (SSSR count). The quantitative estimate of drug-likeness (QED) is 0.249. The first kappa shape index (κ1) is 37.7. The minimum Gasteiger partial charge on any atom is -0.446 e. The minimum absolute atomic E-state index is 0.0154. The summed E-state index contributed by atoms with van der Waals surface area (Å²) in [6, 6.07) is 7.05. The molecule has 1 saturated carbocycles. The van der Waals surface area contributed by atoms with Crippen molar-refractivity contribution in [3.05, 3.63) is 47.8 Å². The van der Waals surface area contributed by atoms with Crippen molar-refractivity contribution in [2.45, 2.75) is 82.8 Å². The van der Waals surface area contributed by atoms with Gasteiger partial charge in [0.15, 0.2) is 0 Å². The predicted molar refractivity (Wildman–Crippen MR) is 194 cm³/mol. The monoisotopic (exact) mass is 723 g/mol. The molecular formula is C36H49N7O7S. The number of sulfonamides is 1. The van der Waals surface area contributed by atoms with Gasteiger partial charge in [-0.25, -0.2) is 23.0 Å². The number of ether oxygens (including phenoxy) is 2. The van der Waals surface area contributed by atoms with Crippen LogP contribution in [0.3, 0.4) is 0 Å². The fourth-order valence-electron chi connectivity index (χ4n) is 5.89. The van der Waals surface area contributed by atoms with Gasteiger partial charge in [0.1, 0.15) is 22.4 Å². The number of nitrogens with zero attached hydrogens (tertiary/aromatic N) is 4. The third kappa shape index (κ3) is 10.1. The highest BCUT2D eigenvalue weighted by molar-refractivity contribution is 7.89. The molecule has 1 saturated heterocycles. The maximum Gasteiger partial charge on any atom is 0.407 e. The van der Waals surface area contributed by atoms with E-state index >= 15 is 0 Å². The lowest BCUT2D eigenvalue weighted by atomic mass is 9.96. The van der Waals surface area contributed by atoms with Crippen LogP contribution in [-0.2, 0) is 24.3 Å². The zero-order valence-corrected chi connectivity index (χ0v) is 30.6. The Kier molecular flexibility index (Phi) is 12.0. The number of nitrogens with two attached hydrogens (primary N) is 1. The van der Waals surface area contributed by atoms with Gasteiger partial charge in [-0.3, -0.25) is 9.78 Å². The summed E-state index contributed by atoms with van der Waals surface area (Å²) in [7, 11) is -3.81. The van der Waals surface area contributed by atoms with E-state index in [4.69, 9.17) is 15.2 Å². The van der Waals surface area contributed by atoms with Crippen LogP contribution in [0.2, 0.25) is 0 Å². The van der Waals surface area contributed by atoms with Gasteiger partial charge in [-0.15, -0.1) is 0 Å². The largest absolute Gasteiger partial charge is 0.446 e. The number of fused-ring (bicyclic) bond motifs is 1. The number of hydrogen-bond donors (Lipinski definition) is 3. The van der Waals surface area contributed by atoms with Gasteiger partial charge >= 0.3 is 12.2 Å². The molecule has 14 nitrogen and oxygen atoms in total. The van der Waals surface area contributed by atoms with Crippen molar-refractivity contribution in [1.29, 1.82) is 0 Å². The van der Waals surface area contributed by atoms with E-state index in [0.717, 1.165) is 25.7 Å². The number of aliphatic imine (C=N–C) groups is 1. The maximum absolute atomic E-state index is 13.7. The molecule has 1 aromatic carbocycles. The van der Waals surface area contributed by atoms with Crippen LogP contribution < -0.4 is 16.4 Å². The number of alkyl carbamates (subject to hydrolysis) is 2. The summed E-state index contributed by atoms with van der Waals surface area (Å²) in [6.45, 7) is 9.60. The van der Waals surface area contributed by atoms with E-state index in [2.05, 4.69) is 20.6 Å². The first-order valence-corrected chi connectivity index (χ1v) is 19.0. The predicted octanol–water partition coefficient (Wildman–Crippen LogP) is 4.58. The summed E-state index contributed by atoms with van der Waals surface area (Å²) in [5.41, 5.74) is 8.75. The van der Waals surface area contributed by atoms with E-state index in [-0.39, 0.29) is 48.2 Å². The van der Waals surface area contributed by atoms with Crippen LogP contribution in [0.4, 0.5) is 15.3 Å². The molecule has 1 aromatic heterocycles. The minimum atomic E-state index is -3.81. The number of amidine groups is 1. The number of carbonyl (C=O) groups excluding carboxylic acids is 3. The van der Waals surface area contributed by atoms with Gasteiger partial charge in [0.25, 0.3) is 0 Å². The Bertz CT molecular complexity index is 1780. The van der Waals surface area contributed by atoms with Crippen LogP contribution in [0.25, 0.3) is 17.2 Å². The van der Waals surface area contributed by atoms with Gasteiger partial charge in [-0.05, 0) is 76.6 Å². The number of amides is 3. The molecule has 0 bridgehead atoms. The molecule has 3 amide bonds. The fourth-order valence-corrected chi connectivity index (χ4v) is 7.48. The van der Waals surface area contributed by atoms with Gasteiger partial charge in [0, 0.05) is 80.7 Å². The molecule has 2 aliphatic heterocycles. The molecule has 3 aliphatic rings. The van der Waals surface area contributed by atoms with Crippen LogP contribution in [0.15, 0.2) is 52.1 Å². The van der Waals surface area contributed by atoms with Crippen LogP contribution in [0.1, 0.15) is 71.8 Å². The molecule has 15 heteroatoms. The Morgan fingerprint density at radius 2 is 1.80 bits per heavy atom. The normalized spacial score (nSPS) is 16.7. The highest BCUT2D eigenvalue weighted by Gasteiger charge is 2.37. The molecule has 0 radical (unpaired) electrons. The average molecular weight is 724 g/mol. The lowest BCUT2D eigenvalue weighted by Gasteiger charge is -2.38. The number of rotatable bonds is 13. The lowest BCUT2D eigenvalue weighted by Crippen LogP contribution is -2.53. The molecule has 2 fully saturated rings. The Balaban J connectivity index is 1.22. The number of benzene rings is 1. The highest BCUT2D eigenvalue weighted by Crippen LogP contribution is 2.33. The molecule has 0 unspecified atom stereocenters. The van der Waals surface area contributed by atoms with E-state index < -0.39 is 27.8 Å². The molecule has 276 valence electrons. The summed E-state index contributed by atoms with van der Waals surface area (Å²) in [6.07, 6.45) is 8.20. The zero-order valence-electron chi connectivity index (χ0n) is 29.8. The molecule has 0 atom stereocenters. The number of pyridine rings is 1. The van der Waals surface area contributed by atoms with Crippen molar-refractivity contribution in [2.24, 2.45) is 16.6 Å². The standard InChI is InChI=1S/C36H49N7O7S/c1-5-13-42(14-7-12-39-34(45)49-29-8-6-9-29)33(44)27-15-26-11-10-25(17-31(26)41-32(37)18-27)28-16-30(21-38-20-28)51(47,48)43-22-24(23-43)19-40-35(46)50-36(2,3)4/h10-11,15-17,20-21,24,29H,5-9,12-14,18-19,22-23H2,1-4H3,(H2,37,41)(H,39,45)(H,40,46). The van der Waals surface area contributed by atoms with Gasteiger partial charge in [-0.2, -0.15) is 4.31 Å². The van der Waals surface area contributed by atoms with Crippen LogP contribution >= 0.6 is 0 Å². The first-order chi connectivity index (χ1) is 24.2. The molecule has 51 heavy (non-hydrogen) atoms. The number of nitrogens with one attached hydrogen (secondary N) is 2. The number of aromatic nitrogens is 1. The number of hydrogen-bond acceptors (Lipinski definition) is 10. The summed E-state index contributed by atoms with van der Waals surface area (Å²) >= 11 is 0. The zero-order chi connectivity index (χ0) is 36.8. The van der Waals surface area contributed by atoms with Crippen LogP contribution in [-0.4, -0.2) is 97.5 Å². The molecule has 2 aromatic rings. The second-order valence-electron chi connectivity index (χ2n) is 14.2. The molecule has 4 N–H and O–H groups in total. The lowest BCUT2D eigenvalue weighted by molar-refractivity contribution is -0.127. The molecule has 0 spiro atoms. The van der Waals surface area contributed by atoms with Crippen molar-refractivity contribution < 1.29 is 32.3 Å². The summed E-state index contributed by atoms with van der Waals surface area (Å²) < 4.78 is 38.8. The van der Waals surface area contributed by atoms with E-state index in [9.17, 15) is 22.8 Å².